The number of amides is 1. The lowest BCUT2D eigenvalue weighted by Crippen LogP contribution is -2.26. The fourth-order valence-electron chi connectivity index (χ4n) is 3.97. The zero-order valence-electron chi connectivity index (χ0n) is 17.6. The van der Waals surface area contributed by atoms with Crippen molar-refractivity contribution in [1.29, 1.82) is 0 Å². The first kappa shape index (κ1) is 22.2. The minimum atomic E-state index is -1.53. The average molecular weight is 449 g/mol. The van der Waals surface area contributed by atoms with Crippen molar-refractivity contribution in [3.8, 4) is 11.1 Å². The van der Waals surface area contributed by atoms with Gasteiger partial charge in [0.2, 0.25) is 0 Å². The molecule has 0 fully saturated rings. The molecule has 0 heterocycles. The molecule has 1 amide bonds. The summed E-state index contributed by atoms with van der Waals surface area (Å²) in [7, 11) is 0. The van der Waals surface area contributed by atoms with Gasteiger partial charge in [0, 0.05) is 18.0 Å². The van der Waals surface area contributed by atoms with E-state index in [2.05, 4.69) is 17.4 Å². The van der Waals surface area contributed by atoms with Crippen LogP contribution in [0.3, 0.4) is 0 Å². The third-order valence-corrected chi connectivity index (χ3v) is 5.54. The molecule has 3 aromatic carbocycles. The molecule has 4 rings (SSSR count). The number of fused-ring (bicyclic) bond motifs is 3. The molecule has 0 atom stereocenters. The number of carboxylic acid groups (broad SMARTS) is 1. The van der Waals surface area contributed by atoms with Gasteiger partial charge in [-0.3, -0.25) is 0 Å². The van der Waals surface area contributed by atoms with Crippen LogP contribution >= 0.6 is 0 Å². The van der Waals surface area contributed by atoms with E-state index in [9.17, 15) is 18.4 Å². The fraction of sp³-hybridized carbons (Fsp3) is 0.154. The number of hydrogen-bond acceptors (Lipinski definition) is 3. The van der Waals surface area contributed by atoms with Gasteiger partial charge in [-0.15, -0.1) is 0 Å². The third-order valence-electron chi connectivity index (χ3n) is 5.54. The van der Waals surface area contributed by atoms with E-state index in [1.807, 2.05) is 36.4 Å². The quantitative estimate of drug-likeness (QED) is 0.460. The molecule has 3 aromatic rings. The molecule has 0 spiro atoms. The second-order valence-corrected chi connectivity index (χ2v) is 7.60. The summed E-state index contributed by atoms with van der Waals surface area (Å²) in [5.41, 5.74) is 3.75. The summed E-state index contributed by atoms with van der Waals surface area (Å²) >= 11 is 0. The Bertz CT molecular complexity index is 1190. The Balaban J connectivity index is 1.28. The van der Waals surface area contributed by atoms with Crippen LogP contribution in [0, 0.1) is 11.6 Å². The van der Waals surface area contributed by atoms with Gasteiger partial charge in [-0.25, -0.2) is 18.4 Å². The van der Waals surface area contributed by atoms with Crippen LogP contribution in [0.2, 0.25) is 0 Å². The van der Waals surface area contributed by atoms with Crippen molar-refractivity contribution in [2.75, 3.05) is 13.2 Å². The summed E-state index contributed by atoms with van der Waals surface area (Å²) in [6.07, 6.45) is 2.69. The van der Waals surface area contributed by atoms with Crippen molar-refractivity contribution >= 4 is 18.1 Å². The fourth-order valence-corrected chi connectivity index (χ4v) is 3.97. The molecule has 0 radical (unpaired) electrons. The maximum absolute atomic E-state index is 13.9. The number of carbonyl (C=O) groups is 2. The molecule has 0 aliphatic heterocycles. The molecule has 0 bridgehead atoms. The molecule has 0 aromatic heterocycles. The molecule has 0 saturated heterocycles. The van der Waals surface area contributed by atoms with Crippen LogP contribution in [0.5, 0.6) is 0 Å². The molecule has 1 aliphatic carbocycles. The predicted molar refractivity (Wildman–Crippen MR) is 120 cm³/mol. The maximum atomic E-state index is 13.9. The Morgan fingerprint density at radius 3 is 2.24 bits per heavy atom. The van der Waals surface area contributed by atoms with Crippen molar-refractivity contribution in [1.82, 2.24) is 5.32 Å². The Labute approximate surface area is 189 Å². The molecular weight excluding hydrogens is 428 g/mol. The number of ether oxygens (including phenoxy) is 1. The summed E-state index contributed by atoms with van der Waals surface area (Å²) in [4.78, 5) is 23.0. The Morgan fingerprint density at radius 2 is 1.61 bits per heavy atom. The zero-order valence-corrected chi connectivity index (χ0v) is 17.6. The summed E-state index contributed by atoms with van der Waals surface area (Å²) in [5, 5.41) is 11.4. The molecule has 2 N–H and O–H groups in total. The van der Waals surface area contributed by atoms with Crippen LogP contribution in [0.1, 0.15) is 39.4 Å². The van der Waals surface area contributed by atoms with E-state index >= 15 is 0 Å². The number of nitrogens with one attached hydrogen (secondary N) is 1. The van der Waals surface area contributed by atoms with Crippen LogP contribution in [0.25, 0.3) is 17.2 Å². The van der Waals surface area contributed by atoms with Crippen molar-refractivity contribution in [3.05, 3.63) is 101 Å². The van der Waals surface area contributed by atoms with Gasteiger partial charge in [0.25, 0.3) is 0 Å². The second kappa shape index (κ2) is 9.65. The standard InChI is InChI=1S/C26H21F2NO4/c27-23-14-21(25(30)31)24(28)13-16(23)7-5-6-12-29-26(32)33-15-22-19-10-3-1-8-17(19)18-9-2-4-11-20(18)22/h1-5,7-11,13-14,22H,6,12,15H2,(H,29,32)(H,30,31). The predicted octanol–water partition coefficient (Wildman–Crippen LogP) is 5.61. The minimum absolute atomic E-state index is 0.0327. The number of halogens is 2. The first-order valence-corrected chi connectivity index (χ1v) is 10.4. The molecular formula is C26H21F2NO4. The first-order valence-electron chi connectivity index (χ1n) is 10.4. The highest BCUT2D eigenvalue weighted by Gasteiger charge is 2.28. The van der Waals surface area contributed by atoms with Crippen LogP contribution in [-0.2, 0) is 4.74 Å². The second-order valence-electron chi connectivity index (χ2n) is 7.60. The van der Waals surface area contributed by atoms with Gasteiger partial charge in [0.05, 0.1) is 5.56 Å². The number of hydrogen-bond donors (Lipinski definition) is 2. The third kappa shape index (κ3) is 4.77. The van der Waals surface area contributed by atoms with E-state index in [0.29, 0.717) is 12.5 Å². The molecule has 33 heavy (non-hydrogen) atoms. The highest BCUT2D eigenvalue weighted by Crippen LogP contribution is 2.44. The van der Waals surface area contributed by atoms with E-state index in [1.54, 1.807) is 6.08 Å². The largest absolute Gasteiger partial charge is 0.478 e. The number of carbonyl (C=O) groups excluding carboxylic acids is 1. The number of aromatic carboxylic acids is 1. The van der Waals surface area contributed by atoms with Crippen LogP contribution in [-0.4, -0.2) is 30.3 Å². The van der Waals surface area contributed by atoms with Gasteiger partial charge in [-0.1, -0.05) is 60.7 Å². The van der Waals surface area contributed by atoms with Crippen LogP contribution < -0.4 is 5.32 Å². The van der Waals surface area contributed by atoms with Crippen molar-refractivity contribution < 1.29 is 28.2 Å². The Kier molecular flexibility index (Phi) is 6.49. The lowest BCUT2D eigenvalue weighted by molar-refractivity contribution is 0.0691. The summed E-state index contributed by atoms with van der Waals surface area (Å²) in [6.45, 7) is 0.445. The molecule has 168 valence electrons. The topological polar surface area (TPSA) is 75.6 Å². The monoisotopic (exact) mass is 449 g/mol. The molecule has 5 nitrogen and oxygen atoms in total. The normalized spacial score (nSPS) is 12.4. The highest BCUT2D eigenvalue weighted by molar-refractivity contribution is 5.88. The number of benzene rings is 3. The SMILES string of the molecule is O=C(NCCC=Cc1cc(F)c(C(=O)O)cc1F)OCC1c2ccccc2-c2ccccc21. The van der Waals surface area contributed by atoms with Gasteiger partial charge in [0.15, 0.2) is 0 Å². The smallest absolute Gasteiger partial charge is 0.407 e. The zero-order chi connectivity index (χ0) is 23.4. The Morgan fingerprint density at radius 1 is 0.970 bits per heavy atom. The van der Waals surface area contributed by atoms with E-state index < -0.39 is 29.3 Å². The van der Waals surface area contributed by atoms with Gasteiger partial charge < -0.3 is 15.2 Å². The molecule has 7 heteroatoms. The van der Waals surface area contributed by atoms with Crippen molar-refractivity contribution in [2.45, 2.75) is 12.3 Å². The summed E-state index contributed by atoms with van der Waals surface area (Å²) in [6, 6.07) is 17.6. The summed E-state index contributed by atoms with van der Waals surface area (Å²) in [5.74, 6) is -3.42. The average Bonchev–Trinajstić information content (AvgIpc) is 3.13. The van der Waals surface area contributed by atoms with Crippen LogP contribution in [0.4, 0.5) is 13.6 Å². The number of carboxylic acids is 1. The van der Waals surface area contributed by atoms with Gasteiger partial charge in [-0.05, 0) is 40.8 Å². The van der Waals surface area contributed by atoms with Crippen LogP contribution in [0.15, 0.2) is 66.7 Å². The first-order chi connectivity index (χ1) is 16.0. The van der Waals surface area contributed by atoms with Crippen molar-refractivity contribution in [2.24, 2.45) is 0 Å². The number of alkyl carbamates (subject to hydrolysis) is 1. The molecule has 1 aliphatic rings. The van der Waals surface area contributed by atoms with E-state index in [-0.39, 0.29) is 24.6 Å². The van der Waals surface area contributed by atoms with Gasteiger partial charge >= 0.3 is 12.1 Å². The van der Waals surface area contributed by atoms with E-state index in [4.69, 9.17) is 9.84 Å². The minimum Gasteiger partial charge on any atom is -0.478 e. The Hall–Kier alpha value is -4.00. The van der Waals surface area contributed by atoms with E-state index in [1.165, 1.54) is 6.08 Å². The molecule has 0 saturated carbocycles. The lowest BCUT2D eigenvalue weighted by atomic mass is 9.98. The molecule has 0 unspecified atom stereocenters. The summed E-state index contributed by atoms with van der Waals surface area (Å²) < 4.78 is 33.1. The van der Waals surface area contributed by atoms with Crippen molar-refractivity contribution in [3.63, 3.8) is 0 Å². The lowest BCUT2D eigenvalue weighted by Gasteiger charge is -2.14. The van der Waals surface area contributed by atoms with Gasteiger partial charge in [0.1, 0.15) is 18.2 Å². The number of rotatable bonds is 7. The van der Waals surface area contributed by atoms with E-state index in [0.717, 1.165) is 28.3 Å². The highest BCUT2D eigenvalue weighted by atomic mass is 19.1. The maximum Gasteiger partial charge on any atom is 0.407 e. The van der Waals surface area contributed by atoms with Gasteiger partial charge in [-0.2, -0.15) is 0 Å².